The van der Waals surface area contributed by atoms with Crippen molar-refractivity contribution >= 4 is 5.91 Å². The number of amides is 1. The molecule has 0 bridgehead atoms. The van der Waals surface area contributed by atoms with Crippen LogP contribution in [0.3, 0.4) is 0 Å². The SMILES string of the molecule is CC(C)Oc1ccc(CC(N)=O)cc1. The summed E-state index contributed by atoms with van der Waals surface area (Å²) in [6.45, 7) is 3.94. The molecule has 0 aliphatic carbocycles. The van der Waals surface area contributed by atoms with Crippen LogP contribution in [0.5, 0.6) is 5.75 Å². The van der Waals surface area contributed by atoms with Gasteiger partial charge in [-0.25, -0.2) is 0 Å². The van der Waals surface area contributed by atoms with E-state index in [2.05, 4.69) is 0 Å². The predicted octanol–water partition coefficient (Wildman–Crippen LogP) is 1.50. The molecular weight excluding hydrogens is 178 g/mol. The summed E-state index contributed by atoms with van der Waals surface area (Å²) in [4.78, 5) is 10.6. The number of nitrogens with two attached hydrogens (primary N) is 1. The van der Waals surface area contributed by atoms with E-state index >= 15 is 0 Å². The molecule has 2 N–H and O–H groups in total. The van der Waals surface area contributed by atoms with E-state index in [0.29, 0.717) is 0 Å². The highest BCUT2D eigenvalue weighted by Crippen LogP contribution is 2.13. The number of ether oxygens (including phenoxy) is 1. The molecule has 1 rings (SSSR count). The Hall–Kier alpha value is -1.51. The summed E-state index contributed by atoms with van der Waals surface area (Å²) in [5.41, 5.74) is 5.98. The van der Waals surface area contributed by atoms with Crippen LogP contribution in [0.4, 0.5) is 0 Å². The largest absolute Gasteiger partial charge is 0.491 e. The van der Waals surface area contributed by atoms with Crippen molar-refractivity contribution in [3.63, 3.8) is 0 Å². The first-order valence-corrected chi connectivity index (χ1v) is 4.62. The van der Waals surface area contributed by atoms with Crippen molar-refractivity contribution in [2.24, 2.45) is 5.73 Å². The monoisotopic (exact) mass is 193 g/mol. The maximum absolute atomic E-state index is 10.6. The van der Waals surface area contributed by atoms with E-state index < -0.39 is 0 Å². The van der Waals surface area contributed by atoms with Crippen molar-refractivity contribution in [3.05, 3.63) is 29.8 Å². The van der Waals surface area contributed by atoms with Gasteiger partial charge in [-0.3, -0.25) is 4.79 Å². The third-order valence-electron chi connectivity index (χ3n) is 1.67. The van der Waals surface area contributed by atoms with Gasteiger partial charge in [0.15, 0.2) is 0 Å². The molecule has 76 valence electrons. The second-order valence-electron chi connectivity index (χ2n) is 3.45. The van der Waals surface area contributed by atoms with Crippen molar-refractivity contribution in [1.82, 2.24) is 0 Å². The molecule has 0 heterocycles. The summed E-state index contributed by atoms with van der Waals surface area (Å²) in [6.07, 6.45) is 0.444. The van der Waals surface area contributed by atoms with E-state index in [1.54, 1.807) is 0 Å². The fourth-order valence-corrected chi connectivity index (χ4v) is 1.16. The van der Waals surface area contributed by atoms with Gasteiger partial charge in [-0.15, -0.1) is 0 Å². The summed E-state index contributed by atoms with van der Waals surface area (Å²) >= 11 is 0. The lowest BCUT2D eigenvalue weighted by Gasteiger charge is -2.09. The molecule has 0 aliphatic rings. The summed E-state index contributed by atoms with van der Waals surface area (Å²) in [6, 6.07) is 7.39. The van der Waals surface area contributed by atoms with Crippen molar-refractivity contribution in [1.29, 1.82) is 0 Å². The molecule has 0 radical (unpaired) electrons. The molecule has 0 unspecified atom stereocenters. The quantitative estimate of drug-likeness (QED) is 0.787. The lowest BCUT2D eigenvalue weighted by atomic mass is 10.1. The Labute approximate surface area is 83.9 Å². The molecule has 0 fully saturated rings. The van der Waals surface area contributed by atoms with Crippen LogP contribution < -0.4 is 10.5 Å². The minimum absolute atomic E-state index is 0.164. The van der Waals surface area contributed by atoms with Gasteiger partial charge in [0.25, 0.3) is 0 Å². The first-order valence-electron chi connectivity index (χ1n) is 4.62. The van der Waals surface area contributed by atoms with E-state index in [4.69, 9.17) is 10.5 Å². The Balaban J connectivity index is 2.63. The minimum Gasteiger partial charge on any atom is -0.491 e. The Morgan fingerprint density at radius 2 is 1.93 bits per heavy atom. The first kappa shape index (κ1) is 10.6. The Morgan fingerprint density at radius 1 is 1.36 bits per heavy atom. The average Bonchev–Trinajstić information content (AvgIpc) is 2.06. The third kappa shape index (κ3) is 3.47. The summed E-state index contributed by atoms with van der Waals surface area (Å²) in [5, 5.41) is 0. The van der Waals surface area contributed by atoms with Gasteiger partial charge in [-0.1, -0.05) is 12.1 Å². The number of hydrogen-bond acceptors (Lipinski definition) is 2. The lowest BCUT2D eigenvalue weighted by molar-refractivity contribution is -0.117. The molecule has 0 aliphatic heterocycles. The van der Waals surface area contributed by atoms with Crippen LogP contribution in [0.25, 0.3) is 0 Å². The molecule has 1 aromatic rings. The summed E-state index contributed by atoms with van der Waals surface area (Å²) in [5.74, 6) is 0.496. The van der Waals surface area contributed by atoms with Gasteiger partial charge < -0.3 is 10.5 Å². The van der Waals surface area contributed by atoms with Gasteiger partial charge >= 0.3 is 0 Å². The number of hydrogen-bond donors (Lipinski definition) is 1. The van der Waals surface area contributed by atoms with E-state index in [1.165, 1.54) is 0 Å². The standard InChI is InChI=1S/C11H15NO2/c1-8(2)14-10-5-3-9(4-6-10)7-11(12)13/h3-6,8H,7H2,1-2H3,(H2,12,13). The molecule has 0 atom stereocenters. The van der Waals surface area contributed by atoms with Gasteiger partial charge in [0.2, 0.25) is 5.91 Å². The Morgan fingerprint density at radius 3 is 2.36 bits per heavy atom. The van der Waals surface area contributed by atoms with Crippen molar-refractivity contribution in [3.8, 4) is 5.75 Å². The summed E-state index contributed by atoms with van der Waals surface area (Å²) in [7, 11) is 0. The summed E-state index contributed by atoms with van der Waals surface area (Å²) < 4.78 is 5.46. The van der Waals surface area contributed by atoms with E-state index in [9.17, 15) is 4.79 Å². The van der Waals surface area contributed by atoms with Gasteiger partial charge in [0, 0.05) is 0 Å². The third-order valence-corrected chi connectivity index (χ3v) is 1.67. The number of carbonyl (C=O) groups is 1. The zero-order chi connectivity index (χ0) is 10.6. The van der Waals surface area contributed by atoms with Gasteiger partial charge in [0.1, 0.15) is 5.75 Å². The smallest absolute Gasteiger partial charge is 0.221 e. The van der Waals surface area contributed by atoms with Gasteiger partial charge in [-0.05, 0) is 31.5 Å². The molecule has 0 saturated carbocycles. The zero-order valence-corrected chi connectivity index (χ0v) is 8.49. The minimum atomic E-state index is -0.317. The number of primary amides is 1. The van der Waals surface area contributed by atoms with Crippen LogP contribution in [-0.2, 0) is 11.2 Å². The van der Waals surface area contributed by atoms with E-state index in [1.807, 2.05) is 38.1 Å². The molecule has 14 heavy (non-hydrogen) atoms. The van der Waals surface area contributed by atoms with Crippen LogP contribution in [0, 0.1) is 0 Å². The van der Waals surface area contributed by atoms with E-state index in [-0.39, 0.29) is 18.4 Å². The fourth-order valence-electron chi connectivity index (χ4n) is 1.16. The maximum atomic E-state index is 10.6. The zero-order valence-electron chi connectivity index (χ0n) is 8.49. The Bertz CT molecular complexity index is 304. The molecule has 0 aromatic heterocycles. The van der Waals surface area contributed by atoms with Crippen LogP contribution in [0.15, 0.2) is 24.3 Å². The molecule has 0 saturated heterocycles. The molecule has 1 amide bonds. The fraction of sp³-hybridized carbons (Fsp3) is 0.364. The van der Waals surface area contributed by atoms with Gasteiger partial charge in [0.05, 0.1) is 12.5 Å². The number of carbonyl (C=O) groups excluding carboxylic acids is 1. The second-order valence-corrected chi connectivity index (χ2v) is 3.45. The molecule has 3 nitrogen and oxygen atoms in total. The lowest BCUT2D eigenvalue weighted by Crippen LogP contribution is -2.13. The molecular formula is C11H15NO2. The van der Waals surface area contributed by atoms with Crippen molar-refractivity contribution in [2.75, 3.05) is 0 Å². The normalized spacial score (nSPS) is 10.2. The molecule has 1 aromatic carbocycles. The van der Waals surface area contributed by atoms with Crippen molar-refractivity contribution < 1.29 is 9.53 Å². The maximum Gasteiger partial charge on any atom is 0.221 e. The topological polar surface area (TPSA) is 52.3 Å². The Kier molecular flexibility index (Phi) is 3.51. The second kappa shape index (κ2) is 4.65. The van der Waals surface area contributed by atoms with Crippen LogP contribution in [0.2, 0.25) is 0 Å². The van der Waals surface area contributed by atoms with Crippen molar-refractivity contribution in [2.45, 2.75) is 26.4 Å². The number of rotatable bonds is 4. The van der Waals surface area contributed by atoms with E-state index in [0.717, 1.165) is 11.3 Å². The molecule has 0 spiro atoms. The number of benzene rings is 1. The first-order chi connectivity index (χ1) is 6.58. The van der Waals surface area contributed by atoms with Crippen LogP contribution in [0.1, 0.15) is 19.4 Å². The van der Waals surface area contributed by atoms with Gasteiger partial charge in [-0.2, -0.15) is 0 Å². The molecule has 3 heteroatoms. The van der Waals surface area contributed by atoms with Crippen LogP contribution >= 0.6 is 0 Å². The highest BCUT2D eigenvalue weighted by atomic mass is 16.5. The highest BCUT2D eigenvalue weighted by Gasteiger charge is 2.00. The van der Waals surface area contributed by atoms with Crippen LogP contribution in [-0.4, -0.2) is 12.0 Å². The average molecular weight is 193 g/mol. The predicted molar refractivity (Wildman–Crippen MR) is 55.1 cm³/mol. The highest BCUT2D eigenvalue weighted by molar-refractivity contribution is 5.76.